The maximum Gasteiger partial charge on any atom is 0.0734 e. The molecule has 0 aliphatic carbocycles. The second-order valence-electron chi connectivity index (χ2n) is 4.62. The summed E-state index contributed by atoms with van der Waals surface area (Å²) in [7, 11) is 0. The summed E-state index contributed by atoms with van der Waals surface area (Å²) in [6.45, 7) is 3.87. The summed E-state index contributed by atoms with van der Waals surface area (Å²) < 4.78 is 11.2. The molecule has 2 saturated heterocycles. The van der Waals surface area contributed by atoms with Crippen LogP contribution in [0.5, 0.6) is 0 Å². The van der Waals surface area contributed by atoms with Crippen molar-refractivity contribution in [2.45, 2.75) is 50.9 Å². The van der Waals surface area contributed by atoms with Crippen LogP contribution in [0.3, 0.4) is 0 Å². The number of hydrogen-bond donors (Lipinski definition) is 1. The smallest absolute Gasteiger partial charge is 0.0734 e. The van der Waals surface area contributed by atoms with Crippen LogP contribution in [0.25, 0.3) is 0 Å². The quantitative estimate of drug-likeness (QED) is 0.729. The van der Waals surface area contributed by atoms with E-state index in [-0.39, 0.29) is 12.1 Å². The van der Waals surface area contributed by atoms with Gasteiger partial charge in [0.2, 0.25) is 0 Å². The van der Waals surface area contributed by atoms with Crippen molar-refractivity contribution in [1.29, 1.82) is 0 Å². The standard InChI is InChI=1S/C11H21NO2/c1-8-4-5-10(14-8)11(12)9-3-2-6-13-7-9/h8-11H,2-7,12H2,1H3. The molecule has 2 fully saturated rings. The van der Waals surface area contributed by atoms with E-state index in [0.29, 0.717) is 12.0 Å². The zero-order chi connectivity index (χ0) is 9.97. The summed E-state index contributed by atoms with van der Waals surface area (Å²) in [6.07, 6.45) is 5.31. The first-order chi connectivity index (χ1) is 6.77. The highest BCUT2D eigenvalue weighted by Crippen LogP contribution is 2.27. The van der Waals surface area contributed by atoms with E-state index in [9.17, 15) is 0 Å². The molecule has 2 aliphatic rings. The van der Waals surface area contributed by atoms with E-state index in [1.165, 1.54) is 6.42 Å². The third-order valence-electron chi connectivity index (χ3n) is 3.43. The summed E-state index contributed by atoms with van der Waals surface area (Å²) in [5, 5.41) is 0. The molecule has 0 bridgehead atoms. The van der Waals surface area contributed by atoms with Crippen LogP contribution in [0.1, 0.15) is 32.6 Å². The fourth-order valence-corrected chi connectivity index (χ4v) is 2.49. The molecule has 2 rings (SSSR count). The van der Waals surface area contributed by atoms with Gasteiger partial charge in [-0.15, -0.1) is 0 Å². The molecular formula is C11H21NO2. The second kappa shape index (κ2) is 4.60. The highest BCUT2D eigenvalue weighted by molar-refractivity contribution is 4.86. The first kappa shape index (κ1) is 10.4. The van der Waals surface area contributed by atoms with Crippen molar-refractivity contribution in [3.63, 3.8) is 0 Å². The molecule has 3 heteroatoms. The normalized spacial score (nSPS) is 41.1. The SMILES string of the molecule is CC1CCC(C(N)C2CCCOC2)O1. The van der Waals surface area contributed by atoms with Crippen molar-refractivity contribution < 1.29 is 9.47 Å². The molecule has 14 heavy (non-hydrogen) atoms. The molecule has 82 valence electrons. The van der Waals surface area contributed by atoms with Crippen LogP contribution in [0.15, 0.2) is 0 Å². The third-order valence-corrected chi connectivity index (χ3v) is 3.43. The Bertz CT molecular complexity index is 175. The van der Waals surface area contributed by atoms with E-state index in [1.807, 2.05) is 0 Å². The van der Waals surface area contributed by atoms with Crippen molar-refractivity contribution >= 4 is 0 Å². The minimum absolute atomic E-state index is 0.181. The Labute approximate surface area is 85.9 Å². The van der Waals surface area contributed by atoms with E-state index >= 15 is 0 Å². The molecule has 2 N–H and O–H groups in total. The molecule has 4 unspecified atom stereocenters. The van der Waals surface area contributed by atoms with Crippen LogP contribution in [0, 0.1) is 5.92 Å². The Morgan fingerprint density at radius 3 is 2.71 bits per heavy atom. The lowest BCUT2D eigenvalue weighted by atomic mass is 9.90. The van der Waals surface area contributed by atoms with Gasteiger partial charge in [-0.2, -0.15) is 0 Å². The highest BCUT2D eigenvalue weighted by atomic mass is 16.5. The van der Waals surface area contributed by atoms with E-state index in [0.717, 1.165) is 32.5 Å². The van der Waals surface area contributed by atoms with Crippen molar-refractivity contribution in [1.82, 2.24) is 0 Å². The third kappa shape index (κ3) is 2.27. The average molecular weight is 199 g/mol. The number of rotatable bonds is 2. The van der Waals surface area contributed by atoms with Crippen LogP contribution in [-0.2, 0) is 9.47 Å². The lowest BCUT2D eigenvalue weighted by molar-refractivity contribution is -0.0104. The van der Waals surface area contributed by atoms with Crippen molar-refractivity contribution in [3.05, 3.63) is 0 Å². The Balaban J connectivity index is 1.84. The molecular weight excluding hydrogens is 178 g/mol. The van der Waals surface area contributed by atoms with Gasteiger partial charge in [-0.05, 0) is 38.5 Å². The van der Waals surface area contributed by atoms with Gasteiger partial charge in [0.05, 0.1) is 18.8 Å². The van der Waals surface area contributed by atoms with Gasteiger partial charge in [0.25, 0.3) is 0 Å². The van der Waals surface area contributed by atoms with Gasteiger partial charge in [0.15, 0.2) is 0 Å². The van der Waals surface area contributed by atoms with Crippen LogP contribution >= 0.6 is 0 Å². The van der Waals surface area contributed by atoms with Crippen molar-refractivity contribution in [2.24, 2.45) is 11.7 Å². The maximum absolute atomic E-state index is 6.21. The molecule has 0 aromatic carbocycles. The van der Waals surface area contributed by atoms with Gasteiger partial charge in [0, 0.05) is 12.6 Å². The summed E-state index contributed by atoms with van der Waals surface area (Å²) in [6, 6.07) is 0.181. The lowest BCUT2D eigenvalue weighted by Crippen LogP contribution is -2.44. The molecule has 3 nitrogen and oxygen atoms in total. The first-order valence-electron chi connectivity index (χ1n) is 5.76. The van der Waals surface area contributed by atoms with Crippen LogP contribution in [-0.4, -0.2) is 31.5 Å². The van der Waals surface area contributed by atoms with Crippen LogP contribution in [0.2, 0.25) is 0 Å². The molecule has 0 aromatic rings. The lowest BCUT2D eigenvalue weighted by Gasteiger charge is -2.31. The van der Waals surface area contributed by atoms with Crippen molar-refractivity contribution in [2.75, 3.05) is 13.2 Å². The van der Waals surface area contributed by atoms with Gasteiger partial charge < -0.3 is 15.2 Å². The Kier molecular flexibility index (Phi) is 3.42. The minimum Gasteiger partial charge on any atom is -0.381 e. The summed E-state index contributed by atoms with van der Waals surface area (Å²) in [4.78, 5) is 0. The molecule has 0 radical (unpaired) electrons. The Morgan fingerprint density at radius 2 is 2.14 bits per heavy atom. The van der Waals surface area contributed by atoms with Crippen LogP contribution in [0.4, 0.5) is 0 Å². The number of hydrogen-bond acceptors (Lipinski definition) is 3. The fourth-order valence-electron chi connectivity index (χ4n) is 2.49. The van der Waals surface area contributed by atoms with Gasteiger partial charge in [-0.3, -0.25) is 0 Å². The average Bonchev–Trinajstić information content (AvgIpc) is 2.65. The van der Waals surface area contributed by atoms with Crippen LogP contribution < -0.4 is 5.73 Å². The van der Waals surface area contributed by atoms with Gasteiger partial charge in [-0.1, -0.05) is 0 Å². The Morgan fingerprint density at radius 1 is 1.29 bits per heavy atom. The van der Waals surface area contributed by atoms with E-state index < -0.39 is 0 Å². The fraction of sp³-hybridized carbons (Fsp3) is 1.00. The highest BCUT2D eigenvalue weighted by Gasteiger charge is 2.33. The zero-order valence-electron chi connectivity index (χ0n) is 8.95. The molecule has 2 aliphatic heterocycles. The number of ether oxygens (including phenoxy) is 2. The summed E-state index contributed by atoms with van der Waals surface area (Å²) in [5.74, 6) is 0.513. The molecule has 0 spiro atoms. The predicted molar refractivity (Wildman–Crippen MR) is 55.1 cm³/mol. The number of nitrogens with two attached hydrogens (primary N) is 1. The van der Waals surface area contributed by atoms with Gasteiger partial charge >= 0.3 is 0 Å². The Hall–Kier alpha value is -0.120. The largest absolute Gasteiger partial charge is 0.381 e. The summed E-state index contributed by atoms with van der Waals surface area (Å²) >= 11 is 0. The summed E-state index contributed by atoms with van der Waals surface area (Å²) in [5.41, 5.74) is 6.21. The van der Waals surface area contributed by atoms with Gasteiger partial charge in [-0.25, -0.2) is 0 Å². The van der Waals surface area contributed by atoms with E-state index in [4.69, 9.17) is 15.2 Å². The van der Waals surface area contributed by atoms with Crippen molar-refractivity contribution in [3.8, 4) is 0 Å². The van der Waals surface area contributed by atoms with E-state index in [2.05, 4.69) is 6.92 Å². The maximum atomic E-state index is 6.21. The minimum atomic E-state index is 0.181. The zero-order valence-corrected chi connectivity index (χ0v) is 8.95. The second-order valence-corrected chi connectivity index (χ2v) is 4.62. The molecule has 0 amide bonds. The molecule has 0 saturated carbocycles. The molecule has 4 atom stereocenters. The van der Waals surface area contributed by atoms with Gasteiger partial charge in [0.1, 0.15) is 0 Å². The monoisotopic (exact) mass is 199 g/mol. The molecule has 0 aromatic heterocycles. The van der Waals surface area contributed by atoms with E-state index in [1.54, 1.807) is 0 Å². The topological polar surface area (TPSA) is 44.5 Å². The first-order valence-corrected chi connectivity index (χ1v) is 5.76. The predicted octanol–water partition coefficient (Wildman–Crippen LogP) is 1.31. The molecule has 2 heterocycles.